The highest BCUT2D eigenvalue weighted by atomic mass is 16.3. The summed E-state index contributed by atoms with van der Waals surface area (Å²) in [6, 6.07) is 11.4. The summed E-state index contributed by atoms with van der Waals surface area (Å²) in [6.07, 6.45) is 3.33. The highest BCUT2D eigenvalue weighted by molar-refractivity contribution is 5.15. The monoisotopic (exact) mass is 217 g/mol. The van der Waals surface area contributed by atoms with Crippen LogP contribution in [0.15, 0.2) is 30.3 Å². The van der Waals surface area contributed by atoms with Crippen LogP contribution in [0.3, 0.4) is 0 Å². The quantitative estimate of drug-likeness (QED) is 0.819. The summed E-state index contributed by atoms with van der Waals surface area (Å²) in [4.78, 5) is 2.55. The number of hydrogen-bond acceptors (Lipinski definition) is 2. The van der Waals surface area contributed by atoms with Gasteiger partial charge in [-0.15, -0.1) is 0 Å². The van der Waals surface area contributed by atoms with Gasteiger partial charge in [0.1, 0.15) is 0 Å². The molecule has 1 saturated heterocycles. The van der Waals surface area contributed by atoms with Crippen LogP contribution in [0, 0.1) is 5.92 Å². The smallest absolute Gasteiger partial charge is 0.0581 e. The number of rotatable bonds is 2. The summed E-state index contributed by atoms with van der Waals surface area (Å²) in [7, 11) is 0. The van der Waals surface area contributed by atoms with Gasteiger partial charge < -0.3 is 5.11 Å². The van der Waals surface area contributed by atoms with E-state index in [1.807, 2.05) is 0 Å². The summed E-state index contributed by atoms with van der Waals surface area (Å²) in [5.41, 5.74) is 1.39. The number of fused-ring (bicyclic) bond motifs is 2. The third-order valence-corrected chi connectivity index (χ3v) is 4.13. The maximum Gasteiger partial charge on any atom is 0.0581 e. The average Bonchev–Trinajstić information content (AvgIpc) is 2.65. The van der Waals surface area contributed by atoms with Crippen molar-refractivity contribution in [1.82, 2.24) is 4.90 Å². The molecule has 3 atom stereocenters. The van der Waals surface area contributed by atoms with Gasteiger partial charge in [-0.05, 0) is 30.7 Å². The molecule has 1 aliphatic carbocycles. The van der Waals surface area contributed by atoms with Crippen LogP contribution < -0.4 is 0 Å². The van der Waals surface area contributed by atoms with Crippen LogP contribution in [0.5, 0.6) is 0 Å². The van der Waals surface area contributed by atoms with Crippen LogP contribution in [0.4, 0.5) is 0 Å². The first-order valence-electron chi connectivity index (χ1n) is 6.29. The normalized spacial score (nSPS) is 34.2. The van der Waals surface area contributed by atoms with Crippen molar-refractivity contribution in [1.29, 1.82) is 0 Å². The van der Waals surface area contributed by atoms with Crippen molar-refractivity contribution in [2.75, 3.05) is 6.54 Å². The van der Waals surface area contributed by atoms with E-state index in [0.29, 0.717) is 12.0 Å². The molecule has 0 radical (unpaired) electrons. The van der Waals surface area contributed by atoms with Crippen molar-refractivity contribution in [3.8, 4) is 0 Å². The maximum absolute atomic E-state index is 9.85. The lowest BCUT2D eigenvalue weighted by Crippen LogP contribution is -2.29. The minimum absolute atomic E-state index is 0.0444. The molecule has 1 aromatic carbocycles. The molecule has 2 bridgehead atoms. The second kappa shape index (κ2) is 4.19. The second-order valence-electron chi connectivity index (χ2n) is 5.21. The maximum atomic E-state index is 9.85. The highest BCUT2D eigenvalue weighted by Crippen LogP contribution is 2.36. The van der Waals surface area contributed by atoms with Gasteiger partial charge in [-0.2, -0.15) is 0 Å². The number of nitrogens with zero attached hydrogens (tertiary/aromatic N) is 1. The zero-order valence-electron chi connectivity index (χ0n) is 9.55. The summed E-state index contributed by atoms with van der Waals surface area (Å²) in [5.74, 6) is 0.530. The van der Waals surface area contributed by atoms with Gasteiger partial charge >= 0.3 is 0 Å². The third-order valence-electron chi connectivity index (χ3n) is 4.13. The fraction of sp³-hybridized carbons (Fsp3) is 0.571. The third kappa shape index (κ3) is 1.87. The molecule has 2 aliphatic rings. The minimum Gasteiger partial charge on any atom is -0.393 e. The van der Waals surface area contributed by atoms with Crippen molar-refractivity contribution in [2.45, 2.75) is 38.0 Å². The Labute approximate surface area is 96.9 Å². The van der Waals surface area contributed by atoms with E-state index < -0.39 is 0 Å². The molecule has 3 rings (SSSR count). The molecule has 2 nitrogen and oxygen atoms in total. The predicted molar refractivity (Wildman–Crippen MR) is 64.0 cm³/mol. The van der Waals surface area contributed by atoms with Gasteiger partial charge in [0.2, 0.25) is 0 Å². The van der Waals surface area contributed by atoms with E-state index in [2.05, 4.69) is 35.2 Å². The molecule has 86 valence electrons. The van der Waals surface area contributed by atoms with E-state index in [1.165, 1.54) is 18.4 Å². The average molecular weight is 217 g/mol. The Morgan fingerprint density at radius 1 is 1.19 bits per heavy atom. The fourth-order valence-electron chi connectivity index (χ4n) is 3.21. The van der Waals surface area contributed by atoms with Crippen LogP contribution in [0.2, 0.25) is 0 Å². The number of aliphatic hydroxyl groups is 1. The van der Waals surface area contributed by atoms with Crippen LogP contribution in [0.1, 0.15) is 24.8 Å². The molecule has 0 amide bonds. The molecular formula is C14H19NO. The summed E-state index contributed by atoms with van der Waals surface area (Å²) >= 11 is 0. The lowest BCUT2D eigenvalue weighted by molar-refractivity contribution is 0.0893. The predicted octanol–water partition coefficient (Wildman–Crippen LogP) is 2.03. The van der Waals surface area contributed by atoms with E-state index >= 15 is 0 Å². The summed E-state index contributed by atoms with van der Waals surface area (Å²) in [6.45, 7) is 2.13. The van der Waals surface area contributed by atoms with Gasteiger partial charge in [0.15, 0.2) is 0 Å². The van der Waals surface area contributed by atoms with E-state index in [4.69, 9.17) is 0 Å². The number of hydrogen-bond donors (Lipinski definition) is 1. The van der Waals surface area contributed by atoms with Crippen LogP contribution in [-0.4, -0.2) is 28.7 Å². The van der Waals surface area contributed by atoms with Crippen molar-refractivity contribution in [3.05, 3.63) is 35.9 Å². The van der Waals surface area contributed by atoms with Gasteiger partial charge in [-0.3, -0.25) is 4.90 Å². The Kier molecular flexibility index (Phi) is 2.70. The standard InChI is InChI=1S/C14H19NO/c16-14-7-6-13-8-12(14)10-15(13)9-11-4-2-1-3-5-11/h1-5,12-14,16H,6-10H2. The molecule has 2 fully saturated rings. The van der Waals surface area contributed by atoms with E-state index in [0.717, 1.165) is 19.5 Å². The summed E-state index contributed by atoms with van der Waals surface area (Å²) in [5, 5.41) is 9.85. The van der Waals surface area contributed by atoms with Gasteiger partial charge in [-0.1, -0.05) is 30.3 Å². The zero-order chi connectivity index (χ0) is 11.0. The first kappa shape index (κ1) is 10.3. The topological polar surface area (TPSA) is 23.5 Å². The lowest BCUT2D eigenvalue weighted by Gasteiger charge is -2.26. The van der Waals surface area contributed by atoms with Crippen molar-refractivity contribution >= 4 is 0 Å². The molecule has 0 aromatic heterocycles. The van der Waals surface area contributed by atoms with Crippen LogP contribution in [-0.2, 0) is 6.54 Å². The number of likely N-dealkylation sites (tertiary alicyclic amines) is 1. The van der Waals surface area contributed by atoms with Gasteiger partial charge in [0.05, 0.1) is 6.10 Å². The lowest BCUT2D eigenvalue weighted by atomic mass is 9.88. The highest BCUT2D eigenvalue weighted by Gasteiger charge is 2.39. The largest absolute Gasteiger partial charge is 0.393 e. The van der Waals surface area contributed by atoms with Crippen molar-refractivity contribution in [2.24, 2.45) is 5.92 Å². The van der Waals surface area contributed by atoms with E-state index in [-0.39, 0.29) is 6.10 Å². The first-order chi connectivity index (χ1) is 7.83. The molecule has 1 heterocycles. The molecule has 1 aromatic rings. The van der Waals surface area contributed by atoms with Gasteiger partial charge in [0.25, 0.3) is 0 Å². The van der Waals surface area contributed by atoms with Crippen molar-refractivity contribution < 1.29 is 5.11 Å². The molecule has 2 heteroatoms. The van der Waals surface area contributed by atoms with Crippen LogP contribution in [0.25, 0.3) is 0 Å². The zero-order valence-corrected chi connectivity index (χ0v) is 9.55. The Hall–Kier alpha value is -0.860. The second-order valence-corrected chi connectivity index (χ2v) is 5.21. The first-order valence-corrected chi connectivity index (χ1v) is 6.29. The number of aliphatic hydroxyl groups excluding tert-OH is 1. The van der Waals surface area contributed by atoms with E-state index in [1.54, 1.807) is 0 Å². The Morgan fingerprint density at radius 3 is 2.75 bits per heavy atom. The van der Waals surface area contributed by atoms with E-state index in [9.17, 15) is 5.11 Å². The Balaban J connectivity index is 1.69. The molecule has 3 unspecified atom stereocenters. The molecule has 1 saturated carbocycles. The Bertz CT molecular complexity index is 351. The SMILES string of the molecule is OC1CCC2CC1CN2Cc1ccccc1. The number of benzene rings is 1. The van der Waals surface area contributed by atoms with Gasteiger partial charge in [0, 0.05) is 19.1 Å². The van der Waals surface area contributed by atoms with Crippen LogP contribution >= 0.6 is 0 Å². The van der Waals surface area contributed by atoms with Crippen molar-refractivity contribution in [3.63, 3.8) is 0 Å². The molecule has 1 N–H and O–H groups in total. The minimum atomic E-state index is -0.0444. The fourth-order valence-corrected chi connectivity index (χ4v) is 3.21. The molecule has 16 heavy (non-hydrogen) atoms. The summed E-state index contributed by atoms with van der Waals surface area (Å²) < 4.78 is 0. The molecule has 0 spiro atoms. The molecular weight excluding hydrogens is 198 g/mol. The molecule has 1 aliphatic heterocycles. The van der Waals surface area contributed by atoms with Gasteiger partial charge in [-0.25, -0.2) is 0 Å². The Morgan fingerprint density at radius 2 is 2.00 bits per heavy atom.